The Morgan fingerprint density at radius 1 is 1.60 bits per heavy atom. The SMILES string of the molecule is Nc1nc(=S)c2ncn(S(=O)(=O)O)c2[nH]1. The van der Waals surface area contributed by atoms with Crippen LogP contribution in [-0.4, -0.2) is 31.9 Å². The van der Waals surface area contributed by atoms with Gasteiger partial charge in [0.05, 0.1) is 0 Å². The summed E-state index contributed by atoms with van der Waals surface area (Å²) in [6, 6.07) is 0. The van der Waals surface area contributed by atoms with Crippen molar-refractivity contribution in [2.24, 2.45) is 0 Å². The minimum absolute atomic E-state index is 0.0185. The minimum atomic E-state index is -4.43. The molecule has 0 amide bonds. The van der Waals surface area contributed by atoms with Crippen LogP contribution in [-0.2, 0) is 10.3 Å². The summed E-state index contributed by atoms with van der Waals surface area (Å²) in [5, 5.41) is 0. The fourth-order valence-corrected chi connectivity index (χ4v) is 1.87. The standard InChI is InChI=1S/C5H5N5O3S2/c6-5-8-3-2(4(14)9-5)7-1-10(3)15(11,12)13/h1H,(H,11,12,13)(H3,6,8,9,14). The van der Waals surface area contributed by atoms with Crippen molar-refractivity contribution in [3.05, 3.63) is 11.0 Å². The van der Waals surface area contributed by atoms with E-state index < -0.39 is 10.3 Å². The van der Waals surface area contributed by atoms with Crippen LogP contribution in [0.2, 0.25) is 0 Å². The Kier molecular flexibility index (Phi) is 1.99. The number of aromatic amines is 1. The van der Waals surface area contributed by atoms with E-state index in [1.165, 1.54) is 0 Å². The summed E-state index contributed by atoms with van der Waals surface area (Å²) in [5.74, 6) is -0.0575. The van der Waals surface area contributed by atoms with Crippen LogP contribution >= 0.6 is 12.2 Å². The average molecular weight is 247 g/mol. The van der Waals surface area contributed by atoms with Gasteiger partial charge in [0.15, 0.2) is 16.2 Å². The second-order valence-electron chi connectivity index (χ2n) is 2.64. The highest BCUT2D eigenvalue weighted by Gasteiger charge is 2.14. The lowest BCUT2D eigenvalue weighted by molar-refractivity contribution is 0.474. The van der Waals surface area contributed by atoms with Gasteiger partial charge in [-0.2, -0.15) is 12.4 Å². The fraction of sp³-hybridized carbons (Fsp3) is 0. The van der Waals surface area contributed by atoms with Gasteiger partial charge in [0.1, 0.15) is 11.8 Å². The fourth-order valence-electron chi connectivity index (χ4n) is 1.09. The zero-order chi connectivity index (χ0) is 11.2. The zero-order valence-electron chi connectivity index (χ0n) is 7.08. The molecule has 0 saturated carbocycles. The first kappa shape index (κ1) is 10.0. The number of hydrogen-bond donors (Lipinski definition) is 3. The largest absolute Gasteiger partial charge is 0.369 e. The van der Waals surface area contributed by atoms with Gasteiger partial charge in [-0.05, 0) is 0 Å². The van der Waals surface area contributed by atoms with Crippen molar-refractivity contribution in [3.63, 3.8) is 0 Å². The van der Waals surface area contributed by atoms with Crippen molar-refractivity contribution in [2.75, 3.05) is 5.73 Å². The normalized spacial score (nSPS) is 12.1. The third-order valence-corrected chi connectivity index (χ3v) is 2.71. The van der Waals surface area contributed by atoms with Crippen LogP contribution in [0.3, 0.4) is 0 Å². The van der Waals surface area contributed by atoms with Crippen LogP contribution in [0.25, 0.3) is 11.2 Å². The number of hydrogen-bond acceptors (Lipinski definition) is 6. The van der Waals surface area contributed by atoms with E-state index in [9.17, 15) is 8.42 Å². The third kappa shape index (κ3) is 1.58. The van der Waals surface area contributed by atoms with Gasteiger partial charge in [-0.1, -0.05) is 12.2 Å². The molecular formula is C5H5N5O3S2. The van der Waals surface area contributed by atoms with Crippen molar-refractivity contribution in [3.8, 4) is 0 Å². The van der Waals surface area contributed by atoms with Gasteiger partial charge in [0.25, 0.3) is 0 Å². The van der Waals surface area contributed by atoms with E-state index in [1.54, 1.807) is 0 Å². The molecule has 0 spiro atoms. The molecule has 0 aliphatic heterocycles. The molecule has 2 aromatic heterocycles. The number of fused-ring (bicyclic) bond motifs is 1. The molecule has 0 fully saturated rings. The van der Waals surface area contributed by atoms with Gasteiger partial charge in [-0.25, -0.2) is 9.97 Å². The molecule has 0 radical (unpaired) electrons. The van der Waals surface area contributed by atoms with E-state index in [0.717, 1.165) is 6.33 Å². The lowest BCUT2D eigenvalue weighted by Crippen LogP contribution is -2.10. The molecule has 2 heterocycles. The van der Waals surface area contributed by atoms with Crippen LogP contribution < -0.4 is 5.73 Å². The van der Waals surface area contributed by atoms with Crippen LogP contribution in [0.4, 0.5) is 5.95 Å². The second kappa shape index (κ2) is 2.98. The molecule has 0 aromatic carbocycles. The molecule has 0 saturated heterocycles. The molecule has 2 aromatic rings. The maximum absolute atomic E-state index is 10.9. The first-order valence-electron chi connectivity index (χ1n) is 3.60. The van der Waals surface area contributed by atoms with Crippen molar-refractivity contribution >= 4 is 39.6 Å². The Morgan fingerprint density at radius 3 is 2.87 bits per heavy atom. The van der Waals surface area contributed by atoms with E-state index in [4.69, 9.17) is 22.5 Å². The van der Waals surface area contributed by atoms with Crippen molar-refractivity contribution in [1.29, 1.82) is 0 Å². The van der Waals surface area contributed by atoms with Crippen LogP contribution in [0.1, 0.15) is 0 Å². The lowest BCUT2D eigenvalue weighted by Gasteiger charge is -1.99. The van der Waals surface area contributed by atoms with E-state index >= 15 is 0 Å². The van der Waals surface area contributed by atoms with Crippen molar-refractivity contribution in [1.82, 2.24) is 18.9 Å². The zero-order valence-corrected chi connectivity index (χ0v) is 8.71. The van der Waals surface area contributed by atoms with Gasteiger partial charge in [0.2, 0.25) is 0 Å². The highest BCUT2D eigenvalue weighted by atomic mass is 32.2. The number of H-pyrrole nitrogens is 1. The summed E-state index contributed by atoms with van der Waals surface area (Å²) in [6.07, 6.45) is 0.910. The number of imidazole rings is 1. The molecule has 8 nitrogen and oxygen atoms in total. The first-order chi connectivity index (χ1) is 6.89. The van der Waals surface area contributed by atoms with Gasteiger partial charge in [-0.3, -0.25) is 4.55 Å². The maximum atomic E-state index is 10.9. The number of nitrogens with two attached hydrogens (primary N) is 1. The summed E-state index contributed by atoms with van der Waals surface area (Å²) in [4.78, 5) is 9.82. The Morgan fingerprint density at radius 2 is 2.27 bits per heavy atom. The highest BCUT2D eigenvalue weighted by Crippen LogP contribution is 2.13. The predicted molar refractivity (Wildman–Crippen MR) is 54.1 cm³/mol. The van der Waals surface area contributed by atoms with E-state index in [0.29, 0.717) is 3.97 Å². The maximum Gasteiger partial charge on any atom is 0.366 e. The van der Waals surface area contributed by atoms with Gasteiger partial charge in [0, 0.05) is 0 Å². The quantitative estimate of drug-likeness (QED) is 0.467. The topological polar surface area (TPSA) is 127 Å². The van der Waals surface area contributed by atoms with E-state index in [2.05, 4.69) is 15.0 Å². The molecule has 0 bridgehead atoms. The molecule has 80 valence electrons. The Labute approximate surface area is 88.7 Å². The van der Waals surface area contributed by atoms with Crippen LogP contribution in [0.5, 0.6) is 0 Å². The summed E-state index contributed by atoms with van der Waals surface area (Å²) < 4.78 is 31.2. The molecule has 0 atom stereocenters. The average Bonchev–Trinajstić information content (AvgIpc) is 2.45. The van der Waals surface area contributed by atoms with Gasteiger partial charge < -0.3 is 10.7 Å². The molecule has 0 aliphatic rings. The number of aromatic nitrogens is 4. The molecule has 4 N–H and O–H groups in total. The summed E-state index contributed by atoms with van der Waals surface area (Å²) in [5.41, 5.74) is 5.48. The first-order valence-corrected chi connectivity index (χ1v) is 5.41. The van der Waals surface area contributed by atoms with Crippen molar-refractivity contribution in [2.45, 2.75) is 0 Å². The second-order valence-corrected chi connectivity index (χ2v) is 4.32. The van der Waals surface area contributed by atoms with Gasteiger partial charge in [-0.15, -0.1) is 0 Å². The number of anilines is 1. The molecule has 15 heavy (non-hydrogen) atoms. The minimum Gasteiger partial charge on any atom is -0.369 e. The van der Waals surface area contributed by atoms with Crippen molar-refractivity contribution < 1.29 is 13.0 Å². The molecule has 0 aliphatic carbocycles. The Hall–Kier alpha value is -1.52. The lowest BCUT2D eigenvalue weighted by atomic mass is 10.6. The number of nitrogens with zero attached hydrogens (tertiary/aromatic N) is 3. The van der Waals surface area contributed by atoms with E-state index in [-0.39, 0.29) is 21.8 Å². The summed E-state index contributed by atoms with van der Waals surface area (Å²) in [6.45, 7) is 0. The Bertz CT molecular complexity index is 684. The van der Waals surface area contributed by atoms with Crippen LogP contribution in [0.15, 0.2) is 6.33 Å². The molecule has 10 heteroatoms. The highest BCUT2D eigenvalue weighted by molar-refractivity contribution is 7.84. The molecular weight excluding hydrogens is 242 g/mol. The summed E-state index contributed by atoms with van der Waals surface area (Å²) in [7, 11) is -4.43. The van der Waals surface area contributed by atoms with E-state index in [1.807, 2.05) is 0 Å². The number of nitrogens with one attached hydrogen (secondary N) is 1. The Balaban J connectivity index is 2.99. The monoisotopic (exact) mass is 247 g/mol. The number of rotatable bonds is 1. The van der Waals surface area contributed by atoms with Crippen LogP contribution in [0, 0.1) is 4.64 Å². The predicted octanol–water partition coefficient (Wildman–Crippen LogP) is -0.278. The van der Waals surface area contributed by atoms with Gasteiger partial charge >= 0.3 is 10.3 Å². The summed E-state index contributed by atoms with van der Waals surface area (Å²) >= 11 is 4.81. The number of nitrogen functional groups attached to an aromatic ring is 1. The molecule has 0 unspecified atom stereocenters. The third-order valence-electron chi connectivity index (χ3n) is 1.66. The smallest absolute Gasteiger partial charge is 0.366 e. The molecule has 2 rings (SSSR count).